The number of rotatable bonds is 4. The first kappa shape index (κ1) is 15.8. The molecule has 0 aromatic heterocycles. The molecule has 2 rings (SSSR count). The van der Waals surface area contributed by atoms with Crippen LogP contribution in [0.5, 0.6) is 0 Å². The fraction of sp³-hybridized carbons (Fsp3) is 0.286. The van der Waals surface area contributed by atoms with Gasteiger partial charge in [0.15, 0.2) is 0 Å². The maximum absolute atomic E-state index is 12.4. The summed E-state index contributed by atoms with van der Waals surface area (Å²) in [5, 5.41) is 1.22. The molecule has 0 amide bonds. The molecule has 0 heterocycles. The van der Waals surface area contributed by atoms with Crippen LogP contribution in [0.1, 0.15) is 6.42 Å². The Balaban J connectivity index is 2.38. The molecule has 0 fully saturated rings. The van der Waals surface area contributed by atoms with Gasteiger partial charge in [-0.2, -0.15) is 13.2 Å². The number of fused-ring (bicyclic) bond motifs is 1. The van der Waals surface area contributed by atoms with Crippen molar-refractivity contribution in [3.05, 3.63) is 42.5 Å². The zero-order valence-electron chi connectivity index (χ0n) is 11.3. The van der Waals surface area contributed by atoms with Gasteiger partial charge in [0.25, 0.3) is 0 Å². The molecule has 0 aliphatic heterocycles. The SMILES string of the molecule is CN(CCC(F)(F)F)S(=O)(=O)c1cccc2ccccc12. The van der Waals surface area contributed by atoms with Gasteiger partial charge in [0.1, 0.15) is 0 Å². The third kappa shape index (κ3) is 3.54. The number of halogens is 3. The Morgan fingerprint density at radius 2 is 1.67 bits per heavy atom. The number of sulfonamides is 1. The summed E-state index contributed by atoms with van der Waals surface area (Å²) in [6.07, 6.45) is -5.56. The van der Waals surface area contributed by atoms with Gasteiger partial charge >= 0.3 is 6.18 Å². The van der Waals surface area contributed by atoms with Crippen LogP contribution in [0.2, 0.25) is 0 Å². The van der Waals surface area contributed by atoms with E-state index in [0.29, 0.717) is 5.39 Å². The Kier molecular flexibility index (Phi) is 4.25. The van der Waals surface area contributed by atoms with E-state index in [2.05, 4.69) is 0 Å². The first-order valence-corrected chi connectivity index (χ1v) is 7.67. The minimum atomic E-state index is -4.39. The van der Waals surface area contributed by atoms with Crippen LogP contribution in [-0.4, -0.2) is 32.5 Å². The fourth-order valence-corrected chi connectivity index (χ4v) is 3.37. The molecular weight excluding hydrogens is 303 g/mol. The first-order chi connectivity index (χ1) is 9.72. The van der Waals surface area contributed by atoms with Crippen molar-refractivity contribution in [3.8, 4) is 0 Å². The second-order valence-corrected chi connectivity index (χ2v) is 6.68. The summed E-state index contributed by atoms with van der Waals surface area (Å²) in [4.78, 5) is 0.0188. The van der Waals surface area contributed by atoms with E-state index in [0.717, 1.165) is 16.7 Å². The number of alkyl halides is 3. The molecular formula is C14H14F3NO2S. The molecule has 0 unspecified atom stereocenters. The molecule has 7 heteroatoms. The molecule has 0 bridgehead atoms. The Bertz CT molecular complexity index is 736. The topological polar surface area (TPSA) is 37.4 Å². The molecule has 2 aromatic rings. The molecule has 0 atom stereocenters. The van der Waals surface area contributed by atoms with Gasteiger partial charge in [0.2, 0.25) is 10.0 Å². The van der Waals surface area contributed by atoms with Crippen molar-refractivity contribution in [2.24, 2.45) is 0 Å². The van der Waals surface area contributed by atoms with Crippen LogP contribution in [0.15, 0.2) is 47.4 Å². The predicted octanol–water partition coefficient (Wildman–Crippen LogP) is 3.41. The summed E-state index contributed by atoms with van der Waals surface area (Å²) in [5.74, 6) is 0. The van der Waals surface area contributed by atoms with Gasteiger partial charge in [0.05, 0.1) is 11.3 Å². The van der Waals surface area contributed by atoms with E-state index in [1.807, 2.05) is 0 Å². The summed E-state index contributed by atoms with van der Waals surface area (Å²) >= 11 is 0. The minimum Gasteiger partial charge on any atom is -0.207 e. The molecule has 0 spiro atoms. The van der Waals surface area contributed by atoms with Crippen molar-refractivity contribution in [2.75, 3.05) is 13.6 Å². The smallest absolute Gasteiger partial charge is 0.207 e. The van der Waals surface area contributed by atoms with Crippen molar-refractivity contribution in [2.45, 2.75) is 17.5 Å². The summed E-state index contributed by atoms with van der Waals surface area (Å²) in [7, 11) is -2.80. The zero-order chi connectivity index (χ0) is 15.7. The Morgan fingerprint density at radius 1 is 1.05 bits per heavy atom. The highest BCUT2D eigenvalue weighted by atomic mass is 32.2. The van der Waals surface area contributed by atoms with Crippen molar-refractivity contribution < 1.29 is 21.6 Å². The molecule has 21 heavy (non-hydrogen) atoms. The van der Waals surface area contributed by atoms with Gasteiger partial charge in [-0.15, -0.1) is 0 Å². The number of hydrogen-bond donors (Lipinski definition) is 0. The monoisotopic (exact) mass is 317 g/mol. The third-order valence-electron chi connectivity index (χ3n) is 3.15. The molecule has 0 N–H and O–H groups in total. The molecule has 0 saturated carbocycles. The summed E-state index contributed by atoms with van der Waals surface area (Å²) in [6, 6.07) is 11.6. The van der Waals surface area contributed by atoms with Gasteiger partial charge < -0.3 is 0 Å². The molecule has 0 aliphatic rings. The normalized spacial score (nSPS) is 13.0. The quantitative estimate of drug-likeness (QED) is 0.866. The van der Waals surface area contributed by atoms with Crippen molar-refractivity contribution in [1.82, 2.24) is 4.31 Å². The standard InChI is InChI=1S/C14H14F3NO2S/c1-18(10-9-14(15,16)17)21(19,20)13-8-4-6-11-5-2-3-7-12(11)13/h2-8H,9-10H2,1H3. The molecule has 114 valence electrons. The maximum atomic E-state index is 12.4. The van der Waals surface area contributed by atoms with Gasteiger partial charge in [-0.05, 0) is 11.5 Å². The highest BCUT2D eigenvalue weighted by Crippen LogP contribution is 2.26. The second kappa shape index (κ2) is 5.65. The summed E-state index contributed by atoms with van der Waals surface area (Å²) < 4.78 is 62.3. The summed E-state index contributed by atoms with van der Waals surface area (Å²) in [6.45, 7) is -0.602. The average molecular weight is 317 g/mol. The summed E-state index contributed by atoms with van der Waals surface area (Å²) in [5.41, 5.74) is 0. The Labute approximate surface area is 121 Å². The molecule has 3 nitrogen and oxygen atoms in total. The van der Waals surface area contributed by atoms with Crippen LogP contribution in [-0.2, 0) is 10.0 Å². The van der Waals surface area contributed by atoms with E-state index in [1.165, 1.54) is 6.07 Å². The zero-order valence-corrected chi connectivity index (χ0v) is 12.1. The van der Waals surface area contributed by atoms with Crippen LogP contribution in [0.25, 0.3) is 10.8 Å². The van der Waals surface area contributed by atoms with Crippen LogP contribution >= 0.6 is 0 Å². The van der Waals surface area contributed by atoms with Crippen LogP contribution in [0.3, 0.4) is 0 Å². The number of hydrogen-bond acceptors (Lipinski definition) is 2. The van der Waals surface area contributed by atoms with Crippen LogP contribution in [0.4, 0.5) is 13.2 Å². The lowest BCUT2D eigenvalue weighted by molar-refractivity contribution is -0.135. The first-order valence-electron chi connectivity index (χ1n) is 6.23. The lowest BCUT2D eigenvalue weighted by atomic mass is 10.1. The Hall–Kier alpha value is -1.60. The lowest BCUT2D eigenvalue weighted by Gasteiger charge is -2.19. The molecule has 0 radical (unpaired) electrons. The van der Waals surface area contributed by atoms with Gasteiger partial charge in [-0.25, -0.2) is 12.7 Å². The third-order valence-corrected chi connectivity index (χ3v) is 5.06. The van der Waals surface area contributed by atoms with E-state index >= 15 is 0 Å². The molecule has 2 aromatic carbocycles. The van der Waals surface area contributed by atoms with E-state index in [1.54, 1.807) is 36.4 Å². The molecule has 0 saturated heterocycles. The maximum Gasteiger partial charge on any atom is 0.390 e. The van der Waals surface area contributed by atoms with E-state index < -0.39 is 29.2 Å². The van der Waals surface area contributed by atoms with Crippen molar-refractivity contribution >= 4 is 20.8 Å². The van der Waals surface area contributed by atoms with E-state index in [-0.39, 0.29) is 4.90 Å². The van der Waals surface area contributed by atoms with Gasteiger partial charge in [0, 0.05) is 19.0 Å². The van der Waals surface area contributed by atoms with Crippen molar-refractivity contribution in [3.63, 3.8) is 0 Å². The minimum absolute atomic E-state index is 0.0188. The highest BCUT2D eigenvalue weighted by molar-refractivity contribution is 7.89. The largest absolute Gasteiger partial charge is 0.390 e. The average Bonchev–Trinajstić information content (AvgIpc) is 2.43. The van der Waals surface area contributed by atoms with Crippen LogP contribution in [0, 0.1) is 0 Å². The van der Waals surface area contributed by atoms with Crippen LogP contribution < -0.4 is 0 Å². The van der Waals surface area contributed by atoms with Gasteiger partial charge in [-0.3, -0.25) is 0 Å². The lowest BCUT2D eigenvalue weighted by Crippen LogP contribution is -2.30. The van der Waals surface area contributed by atoms with Crippen molar-refractivity contribution in [1.29, 1.82) is 0 Å². The number of benzene rings is 2. The predicted molar refractivity (Wildman–Crippen MR) is 74.4 cm³/mol. The second-order valence-electron chi connectivity index (χ2n) is 4.67. The van der Waals surface area contributed by atoms with E-state index in [4.69, 9.17) is 0 Å². The molecule has 0 aliphatic carbocycles. The number of nitrogens with zero attached hydrogens (tertiary/aromatic N) is 1. The Morgan fingerprint density at radius 3 is 2.33 bits per heavy atom. The highest BCUT2D eigenvalue weighted by Gasteiger charge is 2.30. The van der Waals surface area contributed by atoms with Gasteiger partial charge in [-0.1, -0.05) is 36.4 Å². The fourth-order valence-electron chi connectivity index (χ4n) is 1.99. The van der Waals surface area contributed by atoms with E-state index in [9.17, 15) is 21.6 Å².